The van der Waals surface area contributed by atoms with Crippen molar-refractivity contribution in [2.75, 3.05) is 0 Å². The molecule has 2 aromatic rings. The molecule has 2 aromatic carbocycles. The summed E-state index contributed by atoms with van der Waals surface area (Å²) in [5.74, 6) is -0.200. The molecule has 1 aliphatic rings. The fourth-order valence-electron chi connectivity index (χ4n) is 2.82. The molecular formula is C19H19N3O3. The molecule has 4 N–H and O–H groups in total. The predicted molar refractivity (Wildman–Crippen MR) is 93.5 cm³/mol. The highest BCUT2D eigenvalue weighted by Gasteiger charge is 2.31. The molecule has 1 atom stereocenters. The molecule has 0 aliphatic carbocycles. The summed E-state index contributed by atoms with van der Waals surface area (Å²) in [5.41, 5.74) is 2.53. The van der Waals surface area contributed by atoms with E-state index >= 15 is 0 Å². The van der Waals surface area contributed by atoms with Gasteiger partial charge in [0.25, 0.3) is 5.91 Å². The van der Waals surface area contributed by atoms with Gasteiger partial charge >= 0.3 is 6.03 Å². The minimum Gasteiger partial charge on any atom is -0.508 e. The van der Waals surface area contributed by atoms with Gasteiger partial charge < -0.3 is 21.1 Å². The van der Waals surface area contributed by atoms with Crippen LogP contribution < -0.4 is 16.0 Å². The van der Waals surface area contributed by atoms with Gasteiger partial charge in [-0.25, -0.2) is 4.79 Å². The van der Waals surface area contributed by atoms with Gasteiger partial charge in [-0.3, -0.25) is 4.79 Å². The Morgan fingerprint density at radius 1 is 1.16 bits per heavy atom. The van der Waals surface area contributed by atoms with E-state index in [1.54, 1.807) is 19.1 Å². The lowest BCUT2D eigenvalue weighted by atomic mass is 9.94. The minimum absolute atomic E-state index is 0.0759. The number of phenolic OH excluding ortho intramolecular Hbond substituents is 1. The first kappa shape index (κ1) is 16.6. The maximum atomic E-state index is 12.7. The number of urea groups is 1. The van der Waals surface area contributed by atoms with Crippen LogP contribution in [0.4, 0.5) is 4.79 Å². The SMILES string of the molecule is CC1=C(C(=O)NCc2ccccc2)C(c2cccc(O)c2)NC(=O)N1. The summed E-state index contributed by atoms with van der Waals surface area (Å²) in [6.45, 7) is 2.07. The number of benzene rings is 2. The van der Waals surface area contributed by atoms with E-state index < -0.39 is 6.04 Å². The van der Waals surface area contributed by atoms with Crippen molar-refractivity contribution in [3.63, 3.8) is 0 Å². The van der Waals surface area contributed by atoms with E-state index in [1.165, 1.54) is 12.1 Å². The van der Waals surface area contributed by atoms with Gasteiger partial charge in [0.2, 0.25) is 0 Å². The number of aromatic hydroxyl groups is 1. The molecule has 0 aromatic heterocycles. The van der Waals surface area contributed by atoms with E-state index in [4.69, 9.17) is 0 Å². The summed E-state index contributed by atoms with van der Waals surface area (Å²) in [5, 5.41) is 18.0. The Morgan fingerprint density at radius 2 is 1.92 bits per heavy atom. The van der Waals surface area contributed by atoms with E-state index in [0.717, 1.165) is 5.56 Å². The Morgan fingerprint density at radius 3 is 2.64 bits per heavy atom. The minimum atomic E-state index is -0.628. The molecule has 25 heavy (non-hydrogen) atoms. The number of carbonyl (C=O) groups is 2. The molecule has 128 valence electrons. The van der Waals surface area contributed by atoms with Crippen molar-refractivity contribution in [2.24, 2.45) is 0 Å². The van der Waals surface area contributed by atoms with Crippen molar-refractivity contribution >= 4 is 11.9 Å². The molecule has 0 saturated heterocycles. The van der Waals surface area contributed by atoms with Crippen molar-refractivity contribution in [2.45, 2.75) is 19.5 Å². The van der Waals surface area contributed by atoms with E-state index in [0.29, 0.717) is 23.4 Å². The fraction of sp³-hybridized carbons (Fsp3) is 0.158. The summed E-state index contributed by atoms with van der Waals surface area (Å²) in [4.78, 5) is 24.6. The van der Waals surface area contributed by atoms with Gasteiger partial charge in [-0.05, 0) is 30.2 Å². The largest absolute Gasteiger partial charge is 0.508 e. The molecule has 0 radical (unpaired) electrons. The average Bonchev–Trinajstić information content (AvgIpc) is 2.60. The third-order valence-electron chi connectivity index (χ3n) is 4.01. The fourth-order valence-corrected chi connectivity index (χ4v) is 2.82. The quantitative estimate of drug-likeness (QED) is 0.690. The smallest absolute Gasteiger partial charge is 0.319 e. The number of hydrogen-bond acceptors (Lipinski definition) is 3. The second kappa shape index (κ2) is 7.09. The molecule has 0 fully saturated rings. The Kier molecular flexibility index (Phi) is 4.70. The van der Waals surface area contributed by atoms with Crippen molar-refractivity contribution in [1.29, 1.82) is 0 Å². The Balaban J connectivity index is 1.85. The summed E-state index contributed by atoms with van der Waals surface area (Å²) in [7, 11) is 0. The molecule has 0 spiro atoms. The third-order valence-corrected chi connectivity index (χ3v) is 4.01. The van der Waals surface area contributed by atoms with Crippen molar-refractivity contribution in [3.05, 3.63) is 77.0 Å². The standard InChI is InChI=1S/C19H19N3O3/c1-12-16(18(24)20-11-13-6-3-2-4-7-13)17(22-19(25)21-12)14-8-5-9-15(23)10-14/h2-10,17,23H,11H2,1H3,(H,20,24)(H2,21,22,25). The molecule has 1 aliphatic heterocycles. The summed E-state index contributed by atoms with van der Waals surface area (Å²) in [6, 6.07) is 15.1. The zero-order valence-electron chi connectivity index (χ0n) is 13.7. The van der Waals surface area contributed by atoms with E-state index in [-0.39, 0.29) is 17.7 Å². The first-order chi connectivity index (χ1) is 12.0. The third kappa shape index (κ3) is 3.80. The number of carbonyl (C=O) groups excluding carboxylic acids is 2. The van der Waals surface area contributed by atoms with E-state index in [2.05, 4.69) is 16.0 Å². The molecule has 0 saturated carbocycles. The lowest BCUT2D eigenvalue weighted by Gasteiger charge is -2.28. The van der Waals surface area contributed by atoms with Crippen LogP contribution in [0.25, 0.3) is 0 Å². The highest BCUT2D eigenvalue weighted by atomic mass is 16.3. The molecule has 1 heterocycles. The number of allylic oxidation sites excluding steroid dienone is 1. The van der Waals surface area contributed by atoms with Gasteiger partial charge in [-0.15, -0.1) is 0 Å². The summed E-state index contributed by atoms with van der Waals surface area (Å²) >= 11 is 0. The van der Waals surface area contributed by atoms with Crippen LogP contribution in [0.3, 0.4) is 0 Å². The second-order valence-corrected chi connectivity index (χ2v) is 5.83. The number of hydrogen-bond donors (Lipinski definition) is 4. The van der Waals surface area contributed by atoms with Crippen LogP contribution in [0.5, 0.6) is 5.75 Å². The number of rotatable bonds is 4. The van der Waals surface area contributed by atoms with Gasteiger partial charge in [0.1, 0.15) is 5.75 Å². The maximum Gasteiger partial charge on any atom is 0.319 e. The van der Waals surface area contributed by atoms with Crippen LogP contribution in [0.1, 0.15) is 24.1 Å². The molecule has 3 amide bonds. The van der Waals surface area contributed by atoms with Crippen LogP contribution >= 0.6 is 0 Å². The first-order valence-electron chi connectivity index (χ1n) is 7.94. The number of nitrogens with one attached hydrogen (secondary N) is 3. The lowest BCUT2D eigenvalue weighted by Crippen LogP contribution is -2.46. The first-order valence-corrected chi connectivity index (χ1v) is 7.94. The normalized spacial score (nSPS) is 16.8. The van der Waals surface area contributed by atoms with Crippen LogP contribution in [0.15, 0.2) is 65.9 Å². The zero-order valence-corrected chi connectivity index (χ0v) is 13.7. The molecule has 3 rings (SSSR count). The Bertz CT molecular complexity index is 831. The van der Waals surface area contributed by atoms with Crippen molar-refractivity contribution < 1.29 is 14.7 Å². The monoisotopic (exact) mass is 337 g/mol. The van der Waals surface area contributed by atoms with Crippen LogP contribution in [0, 0.1) is 0 Å². The molecule has 1 unspecified atom stereocenters. The van der Waals surface area contributed by atoms with Gasteiger partial charge in [-0.2, -0.15) is 0 Å². The topological polar surface area (TPSA) is 90.5 Å². The predicted octanol–water partition coefficient (Wildman–Crippen LogP) is 2.34. The van der Waals surface area contributed by atoms with Crippen molar-refractivity contribution in [1.82, 2.24) is 16.0 Å². The van der Waals surface area contributed by atoms with Gasteiger partial charge in [0.15, 0.2) is 0 Å². The van der Waals surface area contributed by atoms with Crippen LogP contribution in [-0.2, 0) is 11.3 Å². The van der Waals surface area contributed by atoms with Gasteiger partial charge in [0, 0.05) is 12.2 Å². The Labute approximate surface area is 145 Å². The van der Waals surface area contributed by atoms with Gasteiger partial charge in [-0.1, -0.05) is 42.5 Å². The Hall–Kier alpha value is -3.28. The molecular weight excluding hydrogens is 318 g/mol. The maximum absolute atomic E-state index is 12.7. The van der Waals surface area contributed by atoms with Crippen LogP contribution in [-0.4, -0.2) is 17.0 Å². The number of amides is 3. The van der Waals surface area contributed by atoms with Crippen molar-refractivity contribution in [3.8, 4) is 5.75 Å². The lowest BCUT2D eigenvalue weighted by molar-refractivity contribution is -0.118. The van der Waals surface area contributed by atoms with Gasteiger partial charge in [0.05, 0.1) is 11.6 Å². The average molecular weight is 337 g/mol. The highest BCUT2D eigenvalue weighted by Crippen LogP contribution is 2.28. The van der Waals surface area contributed by atoms with E-state index in [9.17, 15) is 14.7 Å². The van der Waals surface area contributed by atoms with E-state index in [1.807, 2.05) is 30.3 Å². The molecule has 6 nitrogen and oxygen atoms in total. The molecule has 6 heteroatoms. The highest BCUT2D eigenvalue weighted by molar-refractivity contribution is 5.98. The summed E-state index contributed by atoms with van der Waals surface area (Å²) in [6.07, 6.45) is 0. The molecule has 0 bridgehead atoms. The van der Waals surface area contributed by atoms with Crippen LogP contribution in [0.2, 0.25) is 0 Å². The summed E-state index contributed by atoms with van der Waals surface area (Å²) < 4.78 is 0. The number of phenols is 1. The zero-order chi connectivity index (χ0) is 17.8. The second-order valence-electron chi connectivity index (χ2n) is 5.83.